The van der Waals surface area contributed by atoms with Crippen LogP contribution in [0.15, 0.2) is 36.4 Å². The molecular weight excluding hydrogens is 357 g/mol. The maximum atomic E-state index is 11.5. The van der Waals surface area contributed by atoms with Crippen molar-refractivity contribution in [2.24, 2.45) is 3.95 Å². The molecule has 0 saturated heterocycles. The molecule has 0 fully saturated rings. The van der Waals surface area contributed by atoms with E-state index in [1.165, 1.54) is 6.92 Å². The van der Waals surface area contributed by atoms with E-state index in [9.17, 15) is 9.90 Å². The molecule has 0 amide bonds. The zero-order valence-corrected chi connectivity index (χ0v) is 12.9. The van der Waals surface area contributed by atoms with Crippen LogP contribution in [0.1, 0.15) is 6.92 Å². The van der Waals surface area contributed by atoms with Crippen molar-refractivity contribution >= 4 is 36.8 Å². The van der Waals surface area contributed by atoms with Crippen LogP contribution in [0.3, 0.4) is 0 Å². The SMILES string of the molecule is CC(O)C(=O)Oc1ccc2ccccc2c1I(C)N. The number of carbonyl (C=O) groups is 1. The Morgan fingerprint density at radius 1 is 1.32 bits per heavy atom. The molecule has 3 N–H and O–H groups in total. The second-order valence-electron chi connectivity index (χ2n) is 4.21. The Labute approximate surface area is 119 Å². The first-order valence-electron chi connectivity index (χ1n) is 5.76. The Morgan fingerprint density at radius 2 is 2.00 bits per heavy atom. The first-order valence-corrected chi connectivity index (χ1v) is 10.2. The van der Waals surface area contributed by atoms with Crippen LogP contribution in [0, 0.1) is 3.57 Å². The van der Waals surface area contributed by atoms with Crippen LogP contribution >= 0.6 is 20.1 Å². The number of aliphatic hydroxyl groups is 1. The van der Waals surface area contributed by atoms with E-state index >= 15 is 0 Å². The van der Waals surface area contributed by atoms with Crippen molar-refractivity contribution in [1.82, 2.24) is 0 Å². The van der Waals surface area contributed by atoms with Gasteiger partial charge in [-0.3, -0.25) is 0 Å². The molecular formula is C14H16INO3. The Morgan fingerprint density at radius 3 is 2.63 bits per heavy atom. The summed E-state index contributed by atoms with van der Waals surface area (Å²) < 4.78 is 12.3. The number of hydrogen-bond acceptors (Lipinski definition) is 4. The van der Waals surface area contributed by atoms with Crippen molar-refractivity contribution in [2.45, 2.75) is 13.0 Å². The summed E-state index contributed by atoms with van der Waals surface area (Å²) in [6.45, 7) is 1.38. The molecule has 0 aromatic heterocycles. The minimum absolute atomic E-state index is 0.472. The third kappa shape index (κ3) is 3.05. The normalized spacial score (nSPS) is 13.2. The Balaban J connectivity index is 2.55. The predicted molar refractivity (Wildman–Crippen MR) is 84.1 cm³/mol. The van der Waals surface area contributed by atoms with Gasteiger partial charge < -0.3 is 0 Å². The van der Waals surface area contributed by atoms with Gasteiger partial charge in [-0.05, 0) is 0 Å². The standard InChI is InChI=1S/C14H16INO3/c1-9(17)14(18)19-12-8-7-10-5-3-4-6-11(10)13(12)15(2)16/h3-9,17H,16H2,1-2H3. The molecule has 2 aromatic rings. The number of halogens is 1. The summed E-state index contributed by atoms with van der Waals surface area (Å²) in [6.07, 6.45) is -1.14. The van der Waals surface area contributed by atoms with Gasteiger partial charge in [0.15, 0.2) is 0 Å². The average Bonchev–Trinajstić information content (AvgIpc) is 2.37. The average molecular weight is 373 g/mol. The van der Waals surface area contributed by atoms with Crippen molar-refractivity contribution < 1.29 is 14.6 Å². The number of rotatable bonds is 3. The molecule has 5 heteroatoms. The Hall–Kier alpha value is -1.18. The van der Waals surface area contributed by atoms with Gasteiger partial charge in [-0.1, -0.05) is 0 Å². The summed E-state index contributed by atoms with van der Waals surface area (Å²) in [5.74, 6) is -0.186. The van der Waals surface area contributed by atoms with Crippen molar-refractivity contribution in [1.29, 1.82) is 0 Å². The molecule has 0 spiro atoms. The van der Waals surface area contributed by atoms with Crippen molar-refractivity contribution in [3.8, 4) is 5.75 Å². The van der Waals surface area contributed by atoms with Gasteiger partial charge in [0.1, 0.15) is 0 Å². The van der Waals surface area contributed by atoms with Crippen LogP contribution in [-0.2, 0) is 4.79 Å². The second kappa shape index (κ2) is 5.85. The molecule has 1 unspecified atom stereocenters. The predicted octanol–water partition coefficient (Wildman–Crippen LogP) is 2.31. The molecule has 102 valence electrons. The second-order valence-corrected chi connectivity index (χ2v) is 8.24. The van der Waals surface area contributed by atoms with Crippen molar-refractivity contribution in [3.63, 3.8) is 0 Å². The monoisotopic (exact) mass is 373 g/mol. The van der Waals surface area contributed by atoms with E-state index in [0.717, 1.165) is 14.3 Å². The van der Waals surface area contributed by atoms with Crippen molar-refractivity contribution in [2.75, 3.05) is 4.93 Å². The zero-order valence-electron chi connectivity index (χ0n) is 10.8. The van der Waals surface area contributed by atoms with Crippen LogP contribution in [0.4, 0.5) is 0 Å². The number of aliphatic hydroxyl groups excluding tert-OH is 1. The molecule has 0 aliphatic heterocycles. The van der Waals surface area contributed by atoms with Gasteiger partial charge in [-0.15, -0.1) is 0 Å². The van der Waals surface area contributed by atoms with Gasteiger partial charge in [-0.2, -0.15) is 0 Å². The number of nitrogens with two attached hydrogens (primary N) is 1. The van der Waals surface area contributed by atoms with Crippen LogP contribution in [-0.4, -0.2) is 22.1 Å². The summed E-state index contributed by atoms with van der Waals surface area (Å²) in [6, 6.07) is 11.5. The first-order chi connectivity index (χ1) is 9.00. The summed E-state index contributed by atoms with van der Waals surface area (Å²) in [5.41, 5.74) is 0. The summed E-state index contributed by atoms with van der Waals surface area (Å²) >= 11 is -1.85. The number of esters is 1. The van der Waals surface area contributed by atoms with Crippen LogP contribution in [0.25, 0.3) is 10.8 Å². The number of hydrogen-bond donors (Lipinski definition) is 2. The molecule has 0 bridgehead atoms. The molecule has 1 atom stereocenters. The fourth-order valence-corrected chi connectivity index (χ4v) is 4.33. The third-order valence-corrected chi connectivity index (χ3v) is 5.49. The molecule has 0 aliphatic rings. The van der Waals surface area contributed by atoms with Gasteiger partial charge in [0, 0.05) is 0 Å². The van der Waals surface area contributed by atoms with Gasteiger partial charge in [0.2, 0.25) is 0 Å². The zero-order chi connectivity index (χ0) is 14.0. The first kappa shape index (κ1) is 14.2. The van der Waals surface area contributed by atoms with E-state index < -0.39 is 32.2 Å². The number of carbonyl (C=O) groups excluding carboxylic acids is 1. The number of alkyl halides is 1. The molecule has 2 rings (SSSR count). The van der Waals surface area contributed by atoms with E-state index in [1.807, 2.05) is 35.3 Å². The molecule has 4 nitrogen and oxygen atoms in total. The number of ether oxygens (including phenoxy) is 1. The molecule has 0 radical (unpaired) electrons. The van der Waals surface area contributed by atoms with Crippen LogP contribution in [0.5, 0.6) is 5.75 Å². The number of benzene rings is 2. The third-order valence-electron chi connectivity index (χ3n) is 2.68. The van der Waals surface area contributed by atoms with Gasteiger partial charge >= 0.3 is 119 Å². The van der Waals surface area contributed by atoms with Gasteiger partial charge in [-0.25, -0.2) is 0 Å². The van der Waals surface area contributed by atoms with Crippen LogP contribution in [0.2, 0.25) is 0 Å². The summed E-state index contributed by atoms with van der Waals surface area (Å²) in [5, 5.41) is 11.3. The van der Waals surface area contributed by atoms with E-state index in [0.29, 0.717) is 5.75 Å². The van der Waals surface area contributed by atoms with E-state index in [1.54, 1.807) is 6.07 Å². The Bertz CT molecular complexity index is 611. The molecule has 0 heterocycles. The molecule has 19 heavy (non-hydrogen) atoms. The fourth-order valence-electron chi connectivity index (χ4n) is 1.79. The summed E-state index contributed by atoms with van der Waals surface area (Å²) in [4.78, 5) is 13.5. The number of fused-ring (bicyclic) bond motifs is 1. The van der Waals surface area contributed by atoms with Crippen molar-refractivity contribution in [3.05, 3.63) is 40.0 Å². The van der Waals surface area contributed by atoms with Gasteiger partial charge in [0.25, 0.3) is 0 Å². The quantitative estimate of drug-likeness (QED) is 0.285. The maximum absolute atomic E-state index is 11.5. The van der Waals surface area contributed by atoms with Gasteiger partial charge in [0.05, 0.1) is 0 Å². The molecule has 0 saturated carbocycles. The fraction of sp³-hybridized carbons (Fsp3) is 0.214. The van der Waals surface area contributed by atoms with E-state index in [4.69, 9.17) is 8.68 Å². The Kier molecular flexibility index (Phi) is 4.38. The topological polar surface area (TPSA) is 72.5 Å². The molecule has 0 aliphatic carbocycles. The molecule has 2 aromatic carbocycles. The van der Waals surface area contributed by atoms with E-state index in [-0.39, 0.29) is 0 Å². The van der Waals surface area contributed by atoms with E-state index in [2.05, 4.69) is 0 Å². The summed E-state index contributed by atoms with van der Waals surface area (Å²) in [7, 11) is 0. The van der Waals surface area contributed by atoms with Crippen LogP contribution < -0.4 is 8.68 Å². The minimum atomic E-state index is -1.85.